The van der Waals surface area contributed by atoms with Gasteiger partial charge in [-0.15, -0.1) is 6.58 Å². The molecule has 0 aliphatic carbocycles. The number of aromatic amines is 1. The molecule has 1 aromatic heterocycles. The van der Waals surface area contributed by atoms with Gasteiger partial charge in [0.2, 0.25) is 0 Å². The highest BCUT2D eigenvalue weighted by molar-refractivity contribution is 8.77. The van der Waals surface area contributed by atoms with Crippen molar-refractivity contribution in [2.45, 2.75) is 88.5 Å². The Morgan fingerprint density at radius 1 is 1.27 bits per heavy atom. The lowest BCUT2D eigenvalue weighted by Crippen LogP contribution is -2.44. The monoisotopic (exact) mass is 681 g/mol. The van der Waals surface area contributed by atoms with Gasteiger partial charge in [-0.25, -0.2) is 4.79 Å². The average molecular weight is 682 g/mol. The summed E-state index contributed by atoms with van der Waals surface area (Å²) in [7, 11) is 0.419. The van der Waals surface area contributed by atoms with Gasteiger partial charge < -0.3 is 24.0 Å². The van der Waals surface area contributed by atoms with Crippen LogP contribution in [0.25, 0.3) is 0 Å². The molecule has 2 rings (SSSR count). The minimum absolute atomic E-state index is 0.00244. The molecule has 2 heterocycles. The van der Waals surface area contributed by atoms with Crippen LogP contribution < -0.4 is 16.6 Å². The Kier molecular flexibility index (Phi) is 13.9. The summed E-state index contributed by atoms with van der Waals surface area (Å²) in [4.78, 5) is 38.4. The van der Waals surface area contributed by atoms with Crippen LogP contribution in [0.3, 0.4) is 0 Å². The predicted octanol–water partition coefficient (Wildman–Crippen LogP) is 4.58. The topological polar surface area (TPSA) is 121 Å². The maximum atomic E-state index is 12.7. The minimum atomic E-state index is -4.93. The molecule has 3 atom stereocenters. The summed E-state index contributed by atoms with van der Waals surface area (Å²) in [6.07, 6.45) is -3.09. The molecule has 1 unspecified atom stereocenters. The molecule has 44 heavy (non-hydrogen) atoms. The number of nitrogens with one attached hydrogen (secondary N) is 2. The fraction of sp³-hybridized carbons (Fsp3) is 0.679. The summed E-state index contributed by atoms with van der Waals surface area (Å²) in [6.45, 7) is 18.2. The van der Waals surface area contributed by atoms with Gasteiger partial charge in [0.15, 0.2) is 8.32 Å². The molecule has 16 heteroatoms. The first-order valence-corrected chi connectivity index (χ1v) is 19.1. The van der Waals surface area contributed by atoms with Crippen molar-refractivity contribution >= 4 is 35.8 Å². The summed E-state index contributed by atoms with van der Waals surface area (Å²) in [5, 5.41) is 1.87. The molecule has 10 nitrogen and oxygen atoms in total. The van der Waals surface area contributed by atoms with Gasteiger partial charge in [0.1, 0.15) is 30.4 Å². The first-order chi connectivity index (χ1) is 20.3. The number of halogens is 3. The van der Waals surface area contributed by atoms with E-state index in [4.69, 9.17) is 18.6 Å². The summed E-state index contributed by atoms with van der Waals surface area (Å²) in [5.74, 6) is 3.61. The van der Waals surface area contributed by atoms with Crippen molar-refractivity contribution in [1.82, 2.24) is 14.9 Å². The van der Waals surface area contributed by atoms with Crippen molar-refractivity contribution in [3.8, 4) is 11.8 Å². The zero-order valence-corrected chi connectivity index (χ0v) is 28.7. The van der Waals surface area contributed by atoms with Crippen LogP contribution >= 0.6 is 21.6 Å². The number of alkyl halides is 3. The van der Waals surface area contributed by atoms with Crippen molar-refractivity contribution in [2.24, 2.45) is 0 Å². The van der Waals surface area contributed by atoms with E-state index in [0.717, 1.165) is 0 Å². The molecule has 1 aromatic rings. The molecule has 1 aliphatic rings. The first kappa shape index (κ1) is 38.2. The van der Waals surface area contributed by atoms with Crippen LogP contribution in [0, 0.1) is 11.8 Å². The Bertz CT molecular complexity index is 1320. The van der Waals surface area contributed by atoms with E-state index in [1.807, 2.05) is 5.32 Å². The van der Waals surface area contributed by atoms with Crippen LogP contribution in [-0.2, 0) is 23.4 Å². The molecule has 1 amide bonds. The van der Waals surface area contributed by atoms with E-state index in [-0.39, 0.29) is 35.8 Å². The van der Waals surface area contributed by atoms with E-state index in [0.29, 0.717) is 19.6 Å². The lowest BCUT2D eigenvalue weighted by molar-refractivity contribution is -0.173. The third kappa shape index (κ3) is 11.7. The first-order valence-electron chi connectivity index (χ1n) is 13.9. The van der Waals surface area contributed by atoms with Crippen LogP contribution in [0.5, 0.6) is 0 Å². The Labute approximate surface area is 264 Å². The quantitative estimate of drug-likeness (QED) is 0.0726. The molecule has 1 aliphatic heterocycles. The molecule has 1 saturated heterocycles. The fourth-order valence-electron chi connectivity index (χ4n) is 3.55. The molecule has 0 saturated carbocycles. The lowest BCUT2D eigenvalue weighted by Gasteiger charge is -2.37. The normalized spacial score (nSPS) is 19.4. The standard InChI is InChI=1S/C28H42F3N3O7S2Si/c1-9-12-39-20-14-22(41-21(20)16-40-44(7,8)26(2,3)4)34-15-19(23(35)33-25(34)37)11-10-13-38-18-42-43-27(5,6)17-32-24(36)28(29,30)31/h9,15,20-22H,1,12-14,16-18H2,2-8H3,(H,32,36)(H,33,35,37)/t20?,21-,22-/m1/s1. The minimum Gasteiger partial charge on any atom is -0.414 e. The number of amides is 1. The summed E-state index contributed by atoms with van der Waals surface area (Å²) in [6, 6.07) is 0. The van der Waals surface area contributed by atoms with Crippen molar-refractivity contribution in [3.63, 3.8) is 0 Å². The fourth-order valence-corrected chi connectivity index (χ4v) is 6.69. The zero-order chi connectivity index (χ0) is 33.3. The van der Waals surface area contributed by atoms with Gasteiger partial charge in [-0.1, -0.05) is 60.3 Å². The van der Waals surface area contributed by atoms with Crippen molar-refractivity contribution in [1.29, 1.82) is 0 Å². The van der Waals surface area contributed by atoms with Crippen LogP contribution in [0.15, 0.2) is 28.4 Å². The maximum absolute atomic E-state index is 12.7. The summed E-state index contributed by atoms with van der Waals surface area (Å²) < 4.78 is 61.6. The number of carbonyl (C=O) groups is 1. The second kappa shape index (κ2) is 16.0. The highest BCUT2D eigenvalue weighted by atomic mass is 33.1. The number of aromatic nitrogens is 2. The smallest absolute Gasteiger partial charge is 0.414 e. The Morgan fingerprint density at radius 3 is 2.57 bits per heavy atom. The molecule has 0 spiro atoms. The zero-order valence-electron chi connectivity index (χ0n) is 26.1. The number of carbonyl (C=O) groups excluding carboxylic acids is 1. The Hall–Kier alpha value is -2.00. The summed E-state index contributed by atoms with van der Waals surface area (Å²) in [5.41, 5.74) is -1.25. The average Bonchev–Trinajstić information content (AvgIpc) is 3.31. The van der Waals surface area contributed by atoms with Gasteiger partial charge >= 0.3 is 17.8 Å². The number of H-pyrrole nitrogens is 1. The van der Waals surface area contributed by atoms with Gasteiger partial charge in [-0.05, 0) is 32.0 Å². The van der Waals surface area contributed by atoms with Crippen LogP contribution in [-0.4, -0.2) is 79.2 Å². The maximum Gasteiger partial charge on any atom is 0.471 e. The molecule has 2 N–H and O–H groups in total. The third-order valence-electron chi connectivity index (χ3n) is 7.05. The lowest BCUT2D eigenvalue weighted by atomic mass is 10.2. The van der Waals surface area contributed by atoms with E-state index in [2.05, 4.69) is 57.3 Å². The number of nitrogens with zero attached hydrogens (tertiary/aromatic N) is 1. The SMILES string of the molecule is C=CCOC1C[C@H](n2cc(C#CCOCSSC(C)(C)CNC(=O)C(F)(F)F)c(=O)[nH]c2=O)O[C@@H]1CO[Si](C)(C)C(C)(C)C. The largest absolute Gasteiger partial charge is 0.471 e. The number of hydrogen-bond donors (Lipinski definition) is 2. The molecular formula is C28H42F3N3O7S2Si. The summed E-state index contributed by atoms with van der Waals surface area (Å²) >= 11 is 0. The van der Waals surface area contributed by atoms with E-state index in [1.54, 1.807) is 19.9 Å². The number of rotatable bonds is 14. The Morgan fingerprint density at radius 2 is 1.95 bits per heavy atom. The van der Waals surface area contributed by atoms with Crippen LogP contribution in [0.4, 0.5) is 13.2 Å². The van der Waals surface area contributed by atoms with Crippen molar-refractivity contribution in [3.05, 3.63) is 45.3 Å². The van der Waals surface area contributed by atoms with E-state index >= 15 is 0 Å². The van der Waals surface area contributed by atoms with Crippen molar-refractivity contribution < 1.29 is 36.6 Å². The van der Waals surface area contributed by atoms with Gasteiger partial charge in [-0.2, -0.15) is 13.2 Å². The molecular weight excluding hydrogens is 640 g/mol. The molecule has 0 bridgehead atoms. The van der Waals surface area contributed by atoms with E-state index < -0.39 is 48.7 Å². The van der Waals surface area contributed by atoms with Crippen molar-refractivity contribution in [2.75, 3.05) is 32.3 Å². The van der Waals surface area contributed by atoms with Gasteiger partial charge in [0.05, 0.1) is 19.3 Å². The Balaban J connectivity index is 1.99. The molecule has 0 radical (unpaired) electrons. The second-order valence-electron chi connectivity index (χ2n) is 12.2. The third-order valence-corrected chi connectivity index (χ3v) is 14.5. The second-order valence-corrected chi connectivity index (χ2v) is 20.0. The highest BCUT2D eigenvalue weighted by Crippen LogP contribution is 2.38. The number of hydrogen-bond acceptors (Lipinski definition) is 9. The predicted molar refractivity (Wildman–Crippen MR) is 169 cm³/mol. The van der Waals surface area contributed by atoms with Crippen LogP contribution in [0.2, 0.25) is 18.1 Å². The van der Waals surface area contributed by atoms with Gasteiger partial charge in [0.25, 0.3) is 5.56 Å². The molecule has 248 valence electrons. The van der Waals surface area contributed by atoms with Gasteiger partial charge in [-0.3, -0.25) is 19.1 Å². The number of ether oxygens (including phenoxy) is 3. The molecule has 1 fully saturated rings. The van der Waals surface area contributed by atoms with Crippen LogP contribution in [0.1, 0.15) is 52.8 Å². The van der Waals surface area contributed by atoms with Gasteiger partial charge in [0, 0.05) is 23.9 Å². The van der Waals surface area contributed by atoms with E-state index in [1.165, 1.54) is 32.4 Å². The highest BCUT2D eigenvalue weighted by Gasteiger charge is 2.42. The van der Waals surface area contributed by atoms with E-state index in [9.17, 15) is 27.6 Å². The molecule has 0 aromatic carbocycles.